The number of non-ortho nitro benzene ring substituents is 1. The van der Waals surface area contributed by atoms with Gasteiger partial charge in [-0.05, 0) is 13.0 Å². The van der Waals surface area contributed by atoms with Crippen molar-refractivity contribution in [2.75, 3.05) is 13.7 Å². The van der Waals surface area contributed by atoms with Crippen molar-refractivity contribution in [1.29, 1.82) is 0 Å². The third kappa shape index (κ3) is 4.60. The minimum atomic E-state index is -1.13. The fourth-order valence-corrected chi connectivity index (χ4v) is 2.36. The van der Waals surface area contributed by atoms with Crippen LogP contribution in [0.3, 0.4) is 0 Å². The van der Waals surface area contributed by atoms with Gasteiger partial charge in [-0.2, -0.15) is 0 Å². The van der Waals surface area contributed by atoms with Gasteiger partial charge in [0, 0.05) is 19.2 Å². The molecule has 11 nitrogen and oxygen atoms in total. The Labute approximate surface area is 147 Å². The molecule has 0 bridgehead atoms. The fraction of sp³-hybridized carbons (Fsp3) is 0.333. The summed E-state index contributed by atoms with van der Waals surface area (Å²) in [7, 11) is 1.39. The zero-order valence-corrected chi connectivity index (χ0v) is 14.1. The van der Waals surface area contributed by atoms with Crippen LogP contribution in [-0.2, 0) is 9.53 Å². The molecule has 11 heteroatoms. The van der Waals surface area contributed by atoms with Crippen LogP contribution in [0.1, 0.15) is 23.8 Å². The first-order chi connectivity index (χ1) is 12.2. The number of nitrogens with one attached hydrogen (secondary N) is 1. The van der Waals surface area contributed by atoms with Crippen molar-refractivity contribution in [3.8, 4) is 5.69 Å². The molecule has 0 fully saturated rings. The maximum absolute atomic E-state index is 12.4. The minimum Gasteiger partial charge on any atom is -0.481 e. The third-order valence-corrected chi connectivity index (χ3v) is 3.45. The number of aromatic nitrogens is 3. The molecule has 138 valence electrons. The second kappa shape index (κ2) is 7.70. The summed E-state index contributed by atoms with van der Waals surface area (Å²) < 4.78 is 6.19. The van der Waals surface area contributed by atoms with Crippen LogP contribution in [0, 0.1) is 10.1 Å². The number of carbonyl (C=O) groups excluding carboxylic acids is 1. The van der Waals surface area contributed by atoms with E-state index in [-0.39, 0.29) is 24.4 Å². The molecule has 0 saturated carbocycles. The topological polar surface area (TPSA) is 149 Å². The molecule has 0 aliphatic rings. The molecular weight excluding hydrogens is 346 g/mol. The number of ether oxygens (including phenoxy) is 1. The highest BCUT2D eigenvalue weighted by Gasteiger charge is 2.30. The van der Waals surface area contributed by atoms with E-state index in [2.05, 4.69) is 15.6 Å². The van der Waals surface area contributed by atoms with Crippen LogP contribution >= 0.6 is 0 Å². The van der Waals surface area contributed by atoms with Gasteiger partial charge in [0.2, 0.25) is 0 Å². The van der Waals surface area contributed by atoms with Gasteiger partial charge in [0.1, 0.15) is 0 Å². The number of carboxylic acids is 1. The van der Waals surface area contributed by atoms with E-state index in [9.17, 15) is 19.7 Å². The van der Waals surface area contributed by atoms with E-state index >= 15 is 0 Å². The third-order valence-electron chi connectivity index (χ3n) is 3.45. The summed E-state index contributed by atoms with van der Waals surface area (Å²) in [6, 6.07) is 5.67. The quantitative estimate of drug-likeness (QED) is 0.516. The first-order valence-electron chi connectivity index (χ1n) is 7.44. The van der Waals surface area contributed by atoms with Crippen molar-refractivity contribution >= 4 is 17.6 Å². The Hall–Kier alpha value is -3.34. The van der Waals surface area contributed by atoms with Gasteiger partial charge in [0.15, 0.2) is 5.69 Å². The van der Waals surface area contributed by atoms with E-state index < -0.39 is 22.3 Å². The SMILES string of the molecule is COCC(C)(CC(=O)O)NC(=O)c1cn(-c2cccc([N+](=O)[O-])c2)nn1. The number of hydrogen-bond acceptors (Lipinski definition) is 7. The van der Waals surface area contributed by atoms with Gasteiger partial charge in [0.05, 0.1) is 35.4 Å². The smallest absolute Gasteiger partial charge is 0.305 e. The van der Waals surface area contributed by atoms with Crippen molar-refractivity contribution in [3.05, 3.63) is 46.3 Å². The first-order valence-corrected chi connectivity index (χ1v) is 7.44. The molecule has 1 aromatic heterocycles. The van der Waals surface area contributed by atoms with Gasteiger partial charge >= 0.3 is 5.97 Å². The number of carboxylic acid groups (broad SMARTS) is 1. The fourth-order valence-electron chi connectivity index (χ4n) is 2.36. The standard InChI is InChI=1S/C15H17N5O6/c1-15(9-26-2,7-13(21)22)16-14(23)12-8-19(18-17-12)10-4-3-5-11(6-10)20(24)25/h3-6,8H,7,9H2,1-2H3,(H,16,23)(H,21,22). The lowest BCUT2D eigenvalue weighted by Gasteiger charge is -2.27. The highest BCUT2D eigenvalue weighted by atomic mass is 16.6. The lowest BCUT2D eigenvalue weighted by molar-refractivity contribution is -0.384. The monoisotopic (exact) mass is 363 g/mol. The molecule has 1 atom stereocenters. The predicted octanol–water partition coefficient (Wildman–Crippen LogP) is 0.785. The zero-order chi connectivity index (χ0) is 19.3. The molecule has 1 heterocycles. The molecule has 2 aromatic rings. The molecule has 2 N–H and O–H groups in total. The number of benzene rings is 1. The summed E-state index contributed by atoms with van der Waals surface area (Å²) in [5.74, 6) is -1.73. The van der Waals surface area contributed by atoms with Crippen LogP contribution < -0.4 is 5.32 Å². The number of rotatable bonds is 8. The van der Waals surface area contributed by atoms with Crippen LogP contribution in [0.2, 0.25) is 0 Å². The number of nitro benzene ring substituents is 1. The lowest BCUT2D eigenvalue weighted by atomic mass is 9.99. The molecule has 0 aliphatic heterocycles. The molecule has 0 radical (unpaired) electrons. The number of hydrogen-bond donors (Lipinski definition) is 2. The number of aliphatic carboxylic acids is 1. The van der Waals surface area contributed by atoms with Crippen molar-refractivity contribution in [2.45, 2.75) is 18.9 Å². The maximum Gasteiger partial charge on any atom is 0.305 e. The number of carbonyl (C=O) groups is 2. The second-order valence-electron chi connectivity index (χ2n) is 5.84. The van der Waals surface area contributed by atoms with E-state index in [1.165, 1.54) is 43.1 Å². The van der Waals surface area contributed by atoms with E-state index in [4.69, 9.17) is 9.84 Å². The molecule has 0 saturated heterocycles. The Morgan fingerprint density at radius 2 is 2.19 bits per heavy atom. The van der Waals surface area contributed by atoms with E-state index in [1.54, 1.807) is 6.07 Å². The summed E-state index contributed by atoms with van der Waals surface area (Å²) in [5, 5.41) is 29.9. The van der Waals surface area contributed by atoms with Crippen LogP contribution in [0.15, 0.2) is 30.5 Å². The van der Waals surface area contributed by atoms with Crippen LogP contribution in [0.25, 0.3) is 5.69 Å². The van der Waals surface area contributed by atoms with Crippen molar-refractivity contribution < 1.29 is 24.4 Å². The summed E-state index contributed by atoms with van der Waals surface area (Å²) in [6.45, 7) is 1.53. The highest BCUT2D eigenvalue weighted by Crippen LogP contribution is 2.16. The number of nitrogens with zero attached hydrogens (tertiary/aromatic N) is 4. The average molecular weight is 363 g/mol. The Morgan fingerprint density at radius 3 is 2.81 bits per heavy atom. The van der Waals surface area contributed by atoms with Gasteiger partial charge in [-0.1, -0.05) is 11.3 Å². The highest BCUT2D eigenvalue weighted by molar-refractivity contribution is 5.92. The average Bonchev–Trinajstić information content (AvgIpc) is 3.04. The molecule has 1 amide bonds. The Balaban J connectivity index is 2.20. The number of methoxy groups -OCH3 is 1. The number of nitro groups is 1. The van der Waals surface area contributed by atoms with Gasteiger partial charge in [-0.25, -0.2) is 4.68 Å². The molecule has 26 heavy (non-hydrogen) atoms. The van der Waals surface area contributed by atoms with Gasteiger partial charge in [0.25, 0.3) is 11.6 Å². The molecule has 1 unspecified atom stereocenters. The summed E-state index contributed by atoms with van der Waals surface area (Å²) >= 11 is 0. The van der Waals surface area contributed by atoms with Crippen molar-refractivity contribution in [1.82, 2.24) is 20.3 Å². The van der Waals surface area contributed by atoms with Crippen molar-refractivity contribution in [3.63, 3.8) is 0 Å². The molecule has 2 rings (SSSR count). The Kier molecular flexibility index (Phi) is 5.62. The maximum atomic E-state index is 12.4. The van der Waals surface area contributed by atoms with Gasteiger partial charge < -0.3 is 15.2 Å². The Bertz CT molecular complexity index is 835. The molecular formula is C15H17N5O6. The normalized spacial score (nSPS) is 13.0. The van der Waals surface area contributed by atoms with Crippen LogP contribution in [0.5, 0.6) is 0 Å². The zero-order valence-electron chi connectivity index (χ0n) is 14.1. The lowest BCUT2D eigenvalue weighted by Crippen LogP contribution is -2.50. The summed E-state index contributed by atoms with van der Waals surface area (Å²) in [5.41, 5.74) is -0.967. The van der Waals surface area contributed by atoms with Crippen molar-refractivity contribution in [2.24, 2.45) is 0 Å². The Morgan fingerprint density at radius 1 is 1.46 bits per heavy atom. The van der Waals surface area contributed by atoms with Crippen LogP contribution in [0.4, 0.5) is 5.69 Å². The van der Waals surface area contributed by atoms with E-state index in [0.717, 1.165) is 0 Å². The largest absolute Gasteiger partial charge is 0.481 e. The van der Waals surface area contributed by atoms with Gasteiger partial charge in [-0.15, -0.1) is 5.10 Å². The number of amides is 1. The second-order valence-corrected chi connectivity index (χ2v) is 5.84. The molecule has 0 aliphatic carbocycles. The van der Waals surface area contributed by atoms with Crippen LogP contribution in [-0.4, -0.2) is 56.2 Å². The van der Waals surface area contributed by atoms with E-state index in [0.29, 0.717) is 5.69 Å². The predicted molar refractivity (Wildman–Crippen MR) is 88.0 cm³/mol. The van der Waals surface area contributed by atoms with E-state index in [1.807, 2.05) is 0 Å². The molecule has 0 spiro atoms. The summed E-state index contributed by atoms with van der Waals surface area (Å²) in [6.07, 6.45) is 0.952. The minimum absolute atomic E-state index is 0.00986. The molecule has 1 aromatic carbocycles. The first kappa shape index (κ1) is 19.0. The summed E-state index contributed by atoms with van der Waals surface area (Å²) in [4.78, 5) is 33.6. The van der Waals surface area contributed by atoms with Gasteiger partial charge in [-0.3, -0.25) is 19.7 Å².